The Balaban J connectivity index is 2.24. The number of hydrogen-bond acceptors (Lipinski definition) is 4. The van der Waals surface area contributed by atoms with Crippen molar-refractivity contribution in [1.29, 1.82) is 0 Å². The van der Waals surface area contributed by atoms with Gasteiger partial charge in [0.15, 0.2) is 0 Å². The highest BCUT2D eigenvalue weighted by Crippen LogP contribution is 2.33. The molecule has 100 valence electrons. The number of benzene rings is 1. The fraction of sp³-hybridized carbons (Fsp3) is 0.571. The summed E-state index contributed by atoms with van der Waals surface area (Å²) < 4.78 is 5.31. The van der Waals surface area contributed by atoms with E-state index in [1.165, 1.54) is 17.7 Å². The van der Waals surface area contributed by atoms with E-state index >= 15 is 0 Å². The first-order chi connectivity index (χ1) is 8.52. The maximum Gasteiger partial charge on any atom is 0.143 e. The zero-order chi connectivity index (χ0) is 13.3. The van der Waals surface area contributed by atoms with E-state index in [1.54, 1.807) is 7.11 Å². The van der Waals surface area contributed by atoms with Crippen molar-refractivity contribution in [3.05, 3.63) is 17.7 Å². The predicted octanol–water partition coefficient (Wildman–Crippen LogP) is 1.73. The minimum Gasteiger partial charge on any atom is -0.495 e. The van der Waals surface area contributed by atoms with Gasteiger partial charge in [-0.15, -0.1) is 0 Å². The van der Waals surface area contributed by atoms with Crippen LogP contribution in [-0.2, 0) is 0 Å². The predicted molar refractivity (Wildman–Crippen MR) is 76.4 cm³/mol. The fourth-order valence-electron chi connectivity index (χ4n) is 2.60. The standard InChI is InChI=1S/C14H23N3O/c1-10-7-12(15)14(18-4)8-13(10)17-6-5-11(9-17)16(2)3/h7-8,11H,5-6,9,15H2,1-4H3. The largest absolute Gasteiger partial charge is 0.495 e. The van der Waals surface area contributed by atoms with Crippen LogP contribution in [0, 0.1) is 6.92 Å². The number of hydrogen-bond donors (Lipinski definition) is 1. The second kappa shape index (κ2) is 5.06. The van der Waals surface area contributed by atoms with E-state index in [1.807, 2.05) is 6.07 Å². The number of rotatable bonds is 3. The first-order valence-corrected chi connectivity index (χ1v) is 6.38. The summed E-state index contributed by atoms with van der Waals surface area (Å²) in [7, 11) is 5.95. The Morgan fingerprint density at radius 1 is 1.39 bits per heavy atom. The summed E-state index contributed by atoms with van der Waals surface area (Å²) in [5.74, 6) is 0.768. The molecule has 18 heavy (non-hydrogen) atoms. The summed E-state index contributed by atoms with van der Waals surface area (Å²) in [6, 6.07) is 4.69. The van der Waals surface area contributed by atoms with Gasteiger partial charge in [0.05, 0.1) is 12.8 Å². The number of ether oxygens (including phenoxy) is 1. The molecule has 1 heterocycles. The number of aryl methyl sites for hydroxylation is 1. The highest BCUT2D eigenvalue weighted by atomic mass is 16.5. The summed E-state index contributed by atoms with van der Waals surface area (Å²) in [6.07, 6.45) is 1.21. The van der Waals surface area contributed by atoms with E-state index in [0.717, 1.165) is 18.8 Å². The van der Waals surface area contributed by atoms with Gasteiger partial charge in [0, 0.05) is 30.9 Å². The Kier molecular flexibility index (Phi) is 3.66. The Labute approximate surface area is 109 Å². The number of methoxy groups -OCH3 is 1. The monoisotopic (exact) mass is 249 g/mol. The van der Waals surface area contributed by atoms with Gasteiger partial charge in [-0.1, -0.05) is 0 Å². The lowest BCUT2D eigenvalue weighted by atomic mass is 10.1. The van der Waals surface area contributed by atoms with Gasteiger partial charge >= 0.3 is 0 Å². The molecule has 0 spiro atoms. The molecule has 1 aliphatic heterocycles. The molecule has 4 nitrogen and oxygen atoms in total. The third-order valence-corrected chi connectivity index (χ3v) is 3.78. The van der Waals surface area contributed by atoms with Gasteiger partial charge in [-0.2, -0.15) is 0 Å². The van der Waals surface area contributed by atoms with Crippen LogP contribution in [0.15, 0.2) is 12.1 Å². The molecule has 0 bridgehead atoms. The topological polar surface area (TPSA) is 41.7 Å². The zero-order valence-corrected chi connectivity index (χ0v) is 11.7. The molecule has 1 aromatic carbocycles. The van der Waals surface area contributed by atoms with Crippen molar-refractivity contribution in [2.45, 2.75) is 19.4 Å². The molecule has 1 saturated heterocycles. The van der Waals surface area contributed by atoms with Gasteiger partial charge in [-0.05, 0) is 39.1 Å². The van der Waals surface area contributed by atoms with Crippen molar-refractivity contribution in [3.63, 3.8) is 0 Å². The number of nitrogens with two attached hydrogens (primary N) is 1. The molecule has 1 fully saturated rings. The van der Waals surface area contributed by atoms with Gasteiger partial charge in [0.2, 0.25) is 0 Å². The molecule has 0 amide bonds. The van der Waals surface area contributed by atoms with E-state index in [0.29, 0.717) is 11.7 Å². The quantitative estimate of drug-likeness (QED) is 0.828. The third-order valence-electron chi connectivity index (χ3n) is 3.78. The number of nitrogens with zero attached hydrogens (tertiary/aromatic N) is 2. The normalized spacial score (nSPS) is 19.6. The van der Waals surface area contributed by atoms with Crippen molar-refractivity contribution in [2.24, 2.45) is 0 Å². The molecule has 2 rings (SSSR count). The molecule has 0 aromatic heterocycles. The summed E-state index contributed by atoms with van der Waals surface area (Å²) >= 11 is 0. The van der Waals surface area contributed by atoms with E-state index in [9.17, 15) is 0 Å². The van der Waals surface area contributed by atoms with Crippen LogP contribution in [0.2, 0.25) is 0 Å². The maximum absolute atomic E-state index is 5.92. The molecule has 2 N–H and O–H groups in total. The molecule has 1 unspecified atom stereocenters. The van der Waals surface area contributed by atoms with Crippen LogP contribution in [0.3, 0.4) is 0 Å². The van der Waals surface area contributed by atoms with Crippen LogP contribution < -0.4 is 15.4 Å². The minimum atomic E-state index is 0.632. The lowest BCUT2D eigenvalue weighted by Gasteiger charge is -2.24. The Morgan fingerprint density at radius 2 is 2.11 bits per heavy atom. The van der Waals surface area contributed by atoms with Crippen molar-refractivity contribution in [3.8, 4) is 5.75 Å². The maximum atomic E-state index is 5.92. The van der Waals surface area contributed by atoms with Crippen molar-refractivity contribution < 1.29 is 4.74 Å². The lowest BCUT2D eigenvalue weighted by Crippen LogP contribution is -2.31. The van der Waals surface area contributed by atoms with E-state index < -0.39 is 0 Å². The van der Waals surface area contributed by atoms with Gasteiger partial charge in [-0.3, -0.25) is 0 Å². The second-order valence-electron chi connectivity index (χ2n) is 5.23. The fourth-order valence-corrected chi connectivity index (χ4v) is 2.60. The Morgan fingerprint density at radius 3 is 2.67 bits per heavy atom. The SMILES string of the molecule is COc1cc(N2CCC(N(C)C)C2)c(C)cc1N. The van der Waals surface area contributed by atoms with Crippen molar-refractivity contribution in [2.75, 3.05) is 44.9 Å². The molecular weight excluding hydrogens is 226 g/mol. The van der Waals surface area contributed by atoms with Crippen LogP contribution >= 0.6 is 0 Å². The van der Waals surface area contributed by atoms with Crippen LogP contribution in [0.1, 0.15) is 12.0 Å². The molecule has 1 atom stereocenters. The number of anilines is 2. The molecule has 1 aliphatic rings. The van der Waals surface area contributed by atoms with Crippen molar-refractivity contribution in [1.82, 2.24) is 4.90 Å². The molecule has 0 aliphatic carbocycles. The summed E-state index contributed by atoms with van der Waals surface area (Å²) in [4.78, 5) is 4.71. The number of nitrogen functional groups attached to an aromatic ring is 1. The van der Waals surface area contributed by atoms with Crippen LogP contribution in [-0.4, -0.2) is 45.2 Å². The van der Waals surface area contributed by atoms with Gasteiger partial charge in [0.1, 0.15) is 5.75 Å². The van der Waals surface area contributed by atoms with Crippen LogP contribution in [0.5, 0.6) is 5.75 Å². The summed E-state index contributed by atoms with van der Waals surface area (Å²) in [5.41, 5.74) is 9.09. The highest BCUT2D eigenvalue weighted by Gasteiger charge is 2.25. The Bertz CT molecular complexity index is 431. The van der Waals surface area contributed by atoms with Crippen LogP contribution in [0.4, 0.5) is 11.4 Å². The second-order valence-corrected chi connectivity index (χ2v) is 5.23. The van der Waals surface area contributed by atoms with Crippen molar-refractivity contribution >= 4 is 11.4 Å². The molecular formula is C14H23N3O. The first kappa shape index (κ1) is 13.0. The van der Waals surface area contributed by atoms with E-state index in [2.05, 4.69) is 36.9 Å². The first-order valence-electron chi connectivity index (χ1n) is 6.38. The summed E-state index contributed by atoms with van der Waals surface area (Å²) in [6.45, 7) is 4.27. The molecule has 4 heteroatoms. The minimum absolute atomic E-state index is 0.632. The summed E-state index contributed by atoms with van der Waals surface area (Å²) in [5, 5.41) is 0. The van der Waals surface area contributed by atoms with Gasteiger partial charge in [0.25, 0.3) is 0 Å². The van der Waals surface area contributed by atoms with Gasteiger partial charge in [-0.25, -0.2) is 0 Å². The zero-order valence-electron chi connectivity index (χ0n) is 11.7. The van der Waals surface area contributed by atoms with E-state index in [-0.39, 0.29) is 0 Å². The smallest absolute Gasteiger partial charge is 0.143 e. The van der Waals surface area contributed by atoms with Crippen LogP contribution in [0.25, 0.3) is 0 Å². The molecule has 1 aromatic rings. The lowest BCUT2D eigenvalue weighted by molar-refractivity contribution is 0.315. The Hall–Kier alpha value is -1.42. The van der Waals surface area contributed by atoms with E-state index in [4.69, 9.17) is 10.5 Å². The number of likely N-dealkylation sites (N-methyl/N-ethyl adjacent to an activating group) is 1. The van der Waals surface area contributed by atoms with Gasteiger partial charge < -0.3 is 20.3 Å². The average Bonchev–Trinajstić information content (AvgIpc) is 2.78. The molecule has 0 radical (unpaired) electrons. The highest BCUT2D eigenvalue weighted by molar-refractivity contribution is 5.67. The average molecular weight is 249 g/mol. The third kappa shape index (κ3) is 2.38. The molecule has 0 saturated carbocycles.